The Morgan fingerprint density at radius 3 is 1.60 bits per heavy atom. The van der Waals surface area contributed by atoms with E-state index in [9.17, 15) is 0 Å². The summed E-state index contributed by atoms with van der Waals surface area (Å²) < 4.78 is 9.07. The third-order valence-corrected chi connectivity index (χ3v) is 11.0. The molecule has 3 nitrogen and oxygen atoms in total. The zero-order chi connectivity index (χ0) is 36.3. The van der Waals surface area contributed by atoms with Gasteiger partial charge in [-0.15, -0.1) is 0 Å². The van der Waals surface area contributed by atoms with Crippen LogP contribution in [0.25, 0.3) is 82.5 Å². The van der Waals surface area contributed by atoms with E-state index in [0.717, 1.165) is 50.1 Å². The minimum atomic E-state index is 0.863. The summed E-state index contributed by atoms with van der Waals surface area (Å²) in [5, 5.41) is 7.03. The van der Waals surface area contributed by atoms with Crippen molar-refractivity contribution in [2.24, 2.45) is 0 Å². The Morgan fingerprint density at radius 2 is 0.891 bits per heavy atom. The molecular weight excluding hydrogens is 669 g/mol. The summed E-state index contributed by atoms with van der Waals surface area (Å²) in [4.78, 5) is 2.34. The van der Waals surface area contributed by atoms with Crippen molar-refractivity contribution in [2.75, 3.05) is 4.90 Å². The molecule has 0 aliphatic rings. The van der Waals surface area contributed by atoms with Gasteiger partial charge in [-0.2, -0.15) is 0 Å². The maximum Gasteiger partial charge on any atom is 0.143 e. The molecule has 258 valence electrons. The molecule has 2 heterocycles. The Bertz CT molecular complexity index is 3140. The molecule has 0 saturated carbocycles. The SMILES string of the molecule is c1ccc(-c2ccc(-c3ccc(N(c4cccc(-n5c6ccccc6c6ccccc65)c4)c4ccc5c(c4)oc4c6ccccc6ccc54)cc3)cc2)cc1. The first-order valence-corrected chi connectivity index (χ1v) is 18.8. The van der Waals surface area contributed by atoms with Crippen LogP contribution in [0.4, 0.5) is 17.1 Å². The van der Waals surface area contributed by atoms with Crippen molar-refractivity contribution in [3.05, 3.63) is 206 Å². The van der Waals surface area contributed by atoms with Gasteiger partial charge in [-0.05, 0) is 88.3 Å². The summed E-state index contributed by atoms with van der Waals surface area (Å²) in [6, 6.07) is 73.9. The molecule has 55 heavy (non-hydrogen) atoms. The second-order valence-corrected chi connectivity index (χ2v) is 14.2. The third kappa shape index (κ3) is 5.20. The minimum Gasteiger partial charge on any atom is -0.455 e. The highest BCUT2D eigenvalue weighted by molar-refractivity contribution is 6.15. The van der Waals surface area contributed by atoms with E-state index in [1.165, 1.54) is 49.4 Å². The van der Waals surface area contributed by atoms with E-state index in [4.69, 9.17) is 4.42 Å². The summed E-state index contributed by atoms with van der Waals surface area (Å²) in [7, 11) is 0. The molecule has 2 aromatic heterocycles. The van der Waals surface area contributed by atoms with Crippen molar-refractivity contribution in [3.8, 4) is 27.9 Å². The van der Waals surface area contributed by atoms with Crippen LogP contribution in [0.3, 0.4) is 0 Å². The first kappa shape index (κ1) is 31.2. The van der Waals surface area contributed by atoms with Gasteiger partial charge in [0.25, 0.3) is 0 Å². The van der Waals surface area contributed by atoms with Gasteiger partial charge < -0.3 is 13.9 Å². The van der Waals surface area contributed by atoms with Crippen LogP contribution in [0, 0.1) is 0 Å². The molecule has 9 aromatic carbocycles. The zero-order valence-corrected chi connectivity index (χ0v) is 29.9. The Labute approximate surface area is 318 Å². The maximum absolute atomic E-state index is 6.70. The molecule has 0 spiro atoms. The first-order valence-electron chi connectivity index (χ1n) is 18.8. The zero-order valence-electron chi connectivity index (χ0n) is 29.9. The lowest BCUT2D eigenvalue weighted by atomic mass is 10.00. The fraction of sp³-hybridized carbons (Fsp3) is 0. The predicted molar refractivity (Wildman–Crippen MR) is 231 cm³/mol. The molecule has 11 aromatic rings. The van der Waals surface area contributed by atoms with Crippen LogP contribution in [0.5, 0.6) is 0 Å². The molecule has 0 radical (unpaired) electrons. The maximum atomic E-state index is 6.70. The molecule has 0 aliphatic carbocycles. The second-order valence-electron chi connectivity index (χ2n) is 14.2. The third-order valence-electron chi connectivity index (χ3n) is 11.0. The summed E-state index contributed by atoms with van der Waals surface area (Å²) in [5.74, 6) is 0. The number of nitrogens with zero attached hydrogens (tertiary/aromatic N) is 2. The number of para-hydroxylation sites is 2. The lowest BCUT2D eigenvalue weighted by molar-refractivity contribution is 0.672. The number of rotatable bonds is 6. The Hall–Kier alpha value is -7.36. The van der Waals surface area contributed by atoms with Gasteiger partial charge in [0.05, 0.1) is 11.0 Å². The molecule has 0 N–H and O–H groups in total. The molecule has 11 rings (SSSR count). The van der Waals surface area contributed by atoms with Gasteiger partial charge in [-0.3, -0.25) is 0 Å². The van der Waals surface area contributed by atoms with E-state index in [0.29, 0.717) is 0 Å². The first-order chi connectivity index (χ1) is 27.3. The Morgan fingerprint density at radius 1 is 0.345 bits per heavy atom. The van der Waals surface area contributed by atoms with Crippen molar-refractivity contribution >= 4 is 71.6 Å². The fourth-order valence-electron chi connectivity index (χ4n) is 8.34. The van der Waals surface area contributed by atoms with Crippen LogP contribution in [-0.2, 0) is 0 Å². The van der Waals surface area contributed by atoms with Crippen molar-refractivity contribution in [1.82, 2.24) is 4.57 Å². The normalized spacial score (nSPS) is 11.6. The largest absolute Gasteiger partial charge is 0.455 e. The predicted octanol–water partition coefficient (Wildman–Crippen LogP) is 14.6. The van der Waals surface area contributed by atoms with Crippen LogP contribution >= 0.6 is 0 Å². The number of furan rings is 1. The smallest absolute Gasteiger partial charge is 0.143 e. The molecule has 0 unspecified atom stereocenters. The molecule has 0 aliphatic heterocycles. The van der Waals surface area contributed by atoms with Gasteiger partial charge in [-0.1, -0.05) is 140 Å². The van der Waals surface area contributed by atoms with Gasteiger partial charge >= 0.3 is 0 Å². The van der Waals surface area contributed by atoms with Gasteiger partial charge in [-0.25, -0.2) is 0 Å². The average molecular weight is 703 g/mol. The highest BCUT2D eigenvalue weighted by Gasteiger charge is 2.19. The highest BCUT2D eigenvalue weighted by atomic mass is 16.3. The number of hydrogen-bond acceptors (Lipinski definition) is 2. The summed E-state index contributed by atoms with van der Waals surface area (Å²) >= 11 is 0. The van der Waals surface area contributed by atoms with Crippen LogP contribution in [-0.4, -0.2) is 4.57 Å². The molecular formula is C52H34N2O. The van der Waals surface area contributed by atoms with Gasteiger partial charge in [0.15, 0.2) is 0 Å². The second kappa shape index (κ2) is 12.6. The monoisotopic (exact) mass is 702 g/mol. The van der Waals surface area contributed by atoms with Gasteiger partial charge in [0.2, 0.25) is 0 Å². The average Bonchev–Trinajstić information content (AvgIpc) is 3.80. The number of anilines is 3. The topological polar surface area (TPSA) is 21.3 Å². The molecule has 0 bridgehead atoms. The van der Waals surface area contributed by atoms with Crippen molar-refractivity contribution in [3.63, 3.8) is 0 Å². The van der Waals surface area contributed by atoms with E-state index in [-0.39, 0.29) is 0 Å². The van der Waals surface area contributed by atoms with Crippen LogP contribution in [0.1, 0.15) is 0 Å². The van der Waals surface area contributed by atoms with E-state index >= 15 is 0 Å². The van der Waals surface area contributed by atoms with Gasteiger partial charge in [0, 0.05) is 55.7 Å². The quantitative estimate of drug-likeness (QED) is 0.172. The molecule has 0 atom stereocenters. The van der Waals surface area contributed by atoms with Crippen LogP contribution in [0.15, 0.2) is 211 Å². The summed E-state index contributed by atoms with van der Waals surface area (Å²) in [6.45, 7) is 0. The lowest BCUT2D eigenvalue weighted by Gasteiger charge is -2.26. The van der Waals surface area contributed by atoms with Crippen molar-refractivity contribution in [1.29, 1.82) is 0 Å². The van der Waals surface area contributed by atoms with Crippen molar-refractivity contribution < 1.29 is 4.42 Å². The van der Waals surface area contributed by atoms with E-state index < -0.39 is 0 Å². The molecule has 0 amide bonds. The van der Waals surface area contributed by atoms with Gasteiger partial charge in [0.1, 0.15) is 11.2 Å². The lowest BCUT2D eigenvalue weighted by Crippen LogP contribution is -2.10. The summed E-state index contributed by atoms with van der Waals surface area (Å²) in [5.41, 5.74) is 13.2. The highest BCUT2D eigenvalue weighted by Crippen LogP contribution is 2.42. The number of hydrogen-bond donors (Lipinski definition) is 0. The molecule has 0 fully saturated rings. The number of fused-ring (bicyclic) bond motifs is 8. The Kier molecular flexibility index (Phi) is 7.17. The van der Waals surface area contributed by atoms with Crippen LogP contribution < -0.4 is 4.90 Å². The van der Waals surface area contributed by atoms with Crippen LogP contribution in [0.2, 0.25) is 0 Å². The number of aromatic nitrogens is 1. The fourth-order valence-corrected chi connectivity index (χ4v) is 8.34. The van der Waals surface area contributed by atoms with E-state index in [1.807, 2.05) is 0 Å². The Balaban J connectivity index is 1.06. The minimum absolute atomic E-state index is 0.863. The summed E-state index contributed by atoms with van der Waals surface area (Å²) in [6.07, 6.45) is 0. The van der Waals surface area contributed by atoms with Crippen molar-refractivity contribution in [2.45, 2.75) is 0 Å². The van der Waals surface area contributed by atoms with E-state index in [2.05, 4.69) is 216 Å². The molecule has 0 saturated heterocycles. The van der Waals surface area contributed by atoms with E-state index in [1.54, 1.807) is 0 Å². The molecule has 3 heteroatoms. The number of benzene rings is 9. The standard InChI is InChI=1S/C52H34N2O/c1-2-11-35(12-3-1)36-21-23-37(24-22-36)38-25-28-40(29-26-38)53(43-30-32-47-48-31-27-39-13-4-5-16-44(39)52(48)55-51(47)34-43)41-14-10-15-42(33-41)54-49-19-8-6-17-45(49)46-18-7-9-20-50(46)54/h1-34H.